The van der Waals surface area contributed by atoms with Gasteiger partial charge >= 0.3 is 0 Å². The van der Waals surface area contributed by atoms with Crippen LogP contribution in [0, 0.1) is 0 Å². The maximum Gasteiger partial charge on any atom is 0.0618 e. The van der Waals surface area contributed by atoms with Crippen LogP contribution in [0.3, 0.4) is 0 Å². The Bertz CT molecular complexity index is 482. The molecule has 1 heterocycles. The summed E-state index contributed by atoms with van der Waals surface area (Å²) in [6.07, 6.45) is 3.56. The molecule has 0 spiro atoms. The summed E-state index contributed by atoms with van der Waals surface area (Å²) in [5.41, 5.74) is 6.34. The Hall–Kier alpha value is -1.62. The fourth-order valence-electron chi connectivity index (χ4n) is 1.41. The van der Waals surface area contributed by atoms with Crippen molar-refractivity contribution in [2.45, 2.75) is 11.4 Å². The molecule has 0 radical (unpaired) electrons. The SMILES string of the molecule is Nc1ccccc1S(=O)CCn1cccn1. The van der Waals surface area contributed by atoms with Crippen LogP contribution in [-0.2, 0) is 17.3 Å². The van der Waals surface area contributed by atoms with Gasteiger partial charge in [-0.25, -0.2) is 0 Å². The van der Waals surface area contributed by atoms with E-state index in [1.807, 2.05) is 24.4 Å². The Labute approximate surface area is 96.5 Å². The molecule has 0 aliphatic heterocycles. The second-order valence-electron chi connectivity index (χ2n) is 3.36. The number of aromatic nitrogens is 2. The van der Waals surface area contributed by atoms with E-state index >= 15 is 0 Å². The van der Waals surface area contributed by atoms with Crippen molar-refractivity contribution in [2.75, 3.05) is 11.5 Å². The average molecular weight is 235 g/mol. The normalized spacial score (nSPS) is 12.5. The molecule has 2 N–H and O–H groups in total. The molecule has 0 aliphatic rings. The van der Waals surface area contributed by atoms with Crippen LogP contribution in [0.4, 0.5) is 5.69 Å². The van der Waals surface area contributed by atoms with E-state index in [0.717, 1.165) is 0 Å². The highest BCUT2D eigenvalue weighted by Gasteiger charge is 2.06. The zero-order chi connectivity index (χ0) is 11.4. The first-order chi connectivity index (χ1) is 7.77. The highest BCUT2D eigenvalue weighted by molar-refractivity contribution is 7.85. The van der Waals surface area contributed by atoms with Crippen molar-refractivity contribution >= 4 is 16.5 Å². The van der Waals surface area contributed by atoms with E-state index in [1.54, 1.807) is 23.0 Å². The van der Waals surface area contributed by atoms with Gasteiger partial charge < -0.3 is 5.73 Å². The van der Waals surface area contributed by atoms with E-state index in [4.69, 9.17) is 5.73 Å². The van der Waals surface area contributed by atoms with Crippen LogP contribution < -0.4 is 5.73 Å². The minimum atomic E-state index is -1.07. The predicted molar refractivity (Wildman–Crippen MR) is 64.4 cm³/mol. The Balaban J connectivity index is 2.01. The lowest BCUT2D eigenvalue weighted by Gasteiger charge is -2.05. The third kappa shape index (κ3) is 2.49. The topological polar surface area (TPSA) is 60.9 Å². The Morgan fingerprint density at radius 3 is 2.81 bits per heavy atom. The van der Waals surface area contributed by atoms with Crippen molar-refractivity contribution in [1.82, 2.24) is 9.78 Å². The molecule has 0 saturated carbocycles. The smallest absolute Gasteiger partial charge is 0.0618 e. The van der Waals surface area contributed by atoms with E-state index in [2.05, 4.69) is 5.10 Å². The molecule has 84 valence electrons. The highest BCUT2D eigenvalue weighted by Crippen LogP contribution is 2.15. The van der Waals surface area contributed by atoms with Gasteiger partial charge in [-0.2, -0.15) is 5.10 Å². The Morgan fingerprint density at radius 2 is 2.12 bits per heavy atom. The Kier molecular flexibility index (Phi) is 3.36. The fourth-order valence-corrected chi connectivity index (χ4v) is 2.54. The number of anilines is 1. The molecule has 16 heavy (non-hydrogen) atoms. The molecule has 5 heteroatoms. The summed E-state index contributed by atoms with van der Waals surface area (Å²) < 4.78 is 13.7. The molecule has 4 nitrogen and oxygen atoms in total. The summed E-state index contributed by atoms with van der Waals surface area (Å²) in [5.74, 6) is 0.524. The Morgan fingerprint density at radius 1 is 1.31 bits per heavy atom. The molecular weight excluding hydrogens is 222 g/mol. The maximum absolute atomic E-state index is 12.0. The van der Waals surface area contributed by atoms with E-state index < -0.39 is 10.8 Å². The van der Waals surface area contributed by atoms with Gasteiger partial charge in [0.1, 0.15) is 0 Å². The lowest BCUT2D eigenvalue weighted by Crippen LogP contribution is -2.09. The van der Waals surface area contributed by atoms with Crippen LogP contribution in [0.2, 0.25) is 0 Å². The first kappa shape index (κ1) is 10.9. The molecule has 1 atom stereocenters. The molecule has 1 aromatic carbocycles. The van der Waals surface area contributed by atoms with Gasteiger partial charge in [0.05, 0.1) is 22.2 Å². The second kappa shape index (κ2) is 4.94. The largest absolute Gasteiger partial charge is 0.398 e. The molecule has 0 amide bonds. The molecule has 1 aromatic heterocycles. The molecule has 0 bridgehead atoms. The summed E-state index contributed by atoms with van der Waals surface area (Å²) in [4.78, 5) is 0.703. The van der Waals surface area contributed by atoms with Crippen LogP contribution in [-0.4, -0.2) is 19.7 Å². The molecular formula is C11H13N3OS. The molecule has 2 rings (SSSR count). The van der Waals surface area contributed by atoms with E-state index in [-0.39, 0.29) is 0 Å². The maximum atomic E-state index is 12.0. The van der Waals surface area contributed by atoms with Gasteiger partial charge in [0.2, 0.25) is 0 Å². The summed E-state index contributed by atoms with van der Waals surface area (Å²) in [6.45, 7) is 0.633. The van der Waals surface area contributed by atoms with E-state index in [9.17, 15) is 4.21 Å². The average Bonchev–Trinajstić information content (AvgIpc) is 2.79. The lowest BCUT2D eigenvalue weighted by atomic mass is 10.3. The van der Waals surface area contributed by atoms with Crippen molar-refractivity contribution in [3.05, 3.63) is 42.7 Å². The van der Waals surface area contributed by atoms with Crippen LogP contribution in [0.5, 0.6) is 0 Å². The molecule has 0 saturated heterocycles. The third-order valence-corrected chi connectivity index (χ3v) is 3.64. The van der Waals surface area contributed by atoms with Crippen molar-refractivity contribution in [3.63, 3.8) is 0 Å². The standard InChI is InChI=1S/C11H13N3OS/c12-10-4-1-2-5-11(10)16(15)9-8-14-7-3-6-13-14/h1-7H,8-9,12H2. The molecule has 2 aromatic rings. The van der Waals surface area contributed by atoms with Crippen LogP contribution in [0.15, 0.2) is 47.6 Å². The van der Waals surface area contributed by atoms with Crippen LogP contribution in [0.25, 0.3) is 0 Å². The predicted octanol–water partition coefficient (Wildman–Crippen LogP) is 1.27. The minimum Gasteiger partial charge on any atom is -0.398 e. The van der Waals surface area contributed by atoms with E-state index in [0.29, 0.717) is 22.9 Å². The monoisotopic (exact) mass is 235 g/mol. The van der Waals surface area contributed by atoms with Gasteiger partial charge in [0.15, 0.2) is 0 Å². The fraction of sp³-hybridized carbons (Fsp3) is 0.182. The van der Waals surface area contributed by atoms with Crippen molar-refractivity contribution in [1.29, 1.82) is 0 Å². The summed E-state index contributed by atoms with van der Waals surface area (Å²) in [5, 5.41) is 4.06. The number of aryl methyl sites for hydroxylation is 1. The third-order valence-electron chi connectivity index (χ3n) is 2.23. The zero-order valence-corrected chi connectivity index (χ0v) is 9.56. The molecule has 0 fully saturated rings. The first-order valence-corrected chi connectivity index (χ1v) is 6.29. The molecule has 0 aliphatic carbocycles. The lowest BCUT2D eigenvalue weighted by molar-refractivity contribution is 0.644. The number of rotatable bonds is 4. The van der Waals surface area contributed by atoms with Crippen LogP contribution >= 0.6 is 0 Å². The number of benzene rings is 1. The van der Waals surface area contributed by atoms with Gasteiger partial charge in [-0.05, 0) is 18.2 Å². The van der Waals surface area contributed by atoms with Crippen LogP contribution in [0.1, 0.15) is 0 Å². The summed E-state index contributed by atoms with van der Waals surface area (Å²) >= 11 is 0. The number of hydrogen-bond acceptors (Lipinski definition) is 3. The quantitative estimate of drug-likeness (QED) is 0.812. The van der Waals surface area contributed by atoms with Gasteiger partial charge in [-0.3, -0.25) is 8.89 Å². The summed E-state index contributed by atoms with van der Waals surface area (Å²) in [6, 6.07) is 9.09. The number of hydrogen-bond donors (Lipinski definition) is 1. The highest BCUT2D eigenvalue weighted by atomic mass is 32.2. The zero-order valence-electron chi connectivity index (χ0n) is 8.74. The van der Waals surface area contributed by atoms with Gasteiger partial charge in [-0.1, -0.05) is 12.1 Å². The number of nitrogens with two attached hydrogens (primary N) is 1. The first-order valence-electron chi connectivity index (χ1n) is 4.97. The van der Waals surface area contributed by atoms with Gasteiger partial charge in [0.25, 0.3) is 0 Å². The second-order valence-corrected chi connectivity index (χ2v) is 4.90. The van der Waals surface area contributed by atoms with Crippen molar-refractivity contribution in [2.24, 2.45) is 0 Å². The number of para-hydroxylation sites is 1. The number of nitrogen functional groups attached to an aromatic ring is 1. The molecule has 1 unspecified atom stereocenters. The van der Waals surface area contributed by atoms with E-state index in [1.165, 1.54) is 0 Å². The van der Waals surface area contributed by atoms with Crippen molar-refractivity contribution in [3.8, 4) is 0 Å². The van der Waals surface area contributed by atoms with Crippen molar-refractivity contribution < 1.29 is 4.21 Å². The van der Waals surface area contributed by atoms with Gasteiger partial charge in [-0.15, -0.1) is 0 Å². The summed E-state index contributed by atoms with van der Waals surface area (Å²) in [7, 11) is -1.07. The number of nitrogens with zero attached hydrogens (tertiary/aromatic N) is 2. The minimum absolute atomic E-state index is 0.524. The van der Waals surface area contributed by atoms with Gasteiger partial charge in [0, 0.05) is 23.8 Å².